The number of esters is 1. The van der Waals surface area contributed by atoms with Crippen molar-refractivity contribution in [3.8, 4) is 5.75 Å². The summed E-state index contributed by atoms with van der Waals surface area (Å²) in [5.41, 5.74) is 0.611. The van der Waals surface area contributed by atoms with Crippen LogP contribution in [-0.4, -0.2) is 24.5 Å². The van der Waals surface area contributed by atoms with Gasteiger partial charge in [-0.15, -0.1) is 0 Å². The highest BCUT2D eigenvalue weighted by Gasteiger charge is 2.20. The lowest BCUT2D eigenvalue weighted by molar-refractivity contribution is -0.0510. The van der Waals surface area contributed by atoms with Crippen LogP contribution in [0.2, 0.25) is 0 Å². The van der Waals surface area contributed by atoms with Crippen LogP contribution in [0.25, 0.3) is 0 Å². The van der Waals surface area contributed by atoms with E-state index in [-0.39, 0.29) is 17.9 Å². The predicted molar refractivity (Wildman–Crippen MR) is 71.1 cm³/mol. The molecule has 0 fully saturated rings. The normalized spacial score (nSPS) is 10.6. The fourth-order valence-corrected chi connectivity index (χ4v) is 1.92. The first-order valence-corrected chi connectivity index (χ1v) is 7.02. The summed E-state index contributed by atoms with van der Waals surface area (Å²) in [6.07, 6.45) is 1.30. The van der Waals surface area contributed by atoms with Gasteiger partial charge in [0.2, 0.25) is 0 Å². The molecule has 0 aromatic heterocycles. The molecule has 0 unspecified atom stereocenters. The standard InChI is InChI=1S/C13H15BrF2O3/c1-2-18-12(17)10-7-3-5-9(6-4-8-14)11(10)19-13(15)16/h3,5,7,13H,2,4,6,8H2,1H3. The minimum Gasteiger partial charge on any atom is -0.462 e. The van der Waals surface area contributed by atoms with Gasteiger partial charge < -0.3 is 9.47 Å². The molecular formula is C13H15BrF2O3. The molecule has 0 saturated heterocycles. The third-order valence-corrected chi connectivity index (χ3v) is 2.94. The van der Waals surface area contributed by atoms with Crippen LogP contribution < -0.4 is 4.74 Å². The molecule has 0 aliphatic rings. The van der Waals surface area contributed by atoms with Gasteiger partial charge in [-0.3, -0.25) is 0 Å². The third kappa shape index (κ3) is 4.78. The quantitative estimate of drug-likeness (QED) is 0.561. The van der Waals surface area contributed by atoms with Gasteiger partial charge in [-0.1, -0.05) is 28.1 Å². The number of carbonyl (C=O) groups is 1. The number of rotatable bonds is 7. The Labute approximate surface area is 119 Å². The molecule has 6 heteroatoms. The monoisotopic (exact) mass is 336 g/mol. The van der Waals surface area contributed by atoms with Gasteiger partial charge in [-0.05, 0) is 31.4 Å². The van der Waals surface area contributed by atoms with Crippen LogP contribution in [0, 0.1) is 0 Å². The zero-order chi connectivity index (χ0) is 14.3. The largest absolute Gasteiger partial charge is 0.462 e. The molecule has 0 bridgehead atoms. The predicted octanol–water partition coefficient (Wildman–Crippen LogP) is 3.79. The van der Waals surface area contributed by atoms with Crippen molar-refractivity contribution >= 4 is 21.9 Å². The highest BCUT2D eigenvalue weighted by Crippen LogP contribution is 2.28. The van der Waals surface area contributed by atoms with Crippen molar-refractivity contribution in [2.75, 3.05) is 11.9 Å². The Bertz CT molecular complexity index is 424. The lowest BCUT2D eigenvalue weighted by Crippen LogP contribution is -2.12. The molecule has 0 saturated carbocycles. The second kappa shape index (κ2) is 8.09. The number of hydrogen-bond acceptors (Lipinski definition) is 3. The molecule has 1 aromatic carbocycles. The van der Waals surface area contributed by atoms with Crippen molar-refractivity contribution in [2.24, 2.45) is 0 Å². The number of carbonyl (C=O) groups excluding carboxylic acids is 1. The summed E-state index contributed by atoms with van der Waals surface area (Å²) in [7, 11) is 0. The van der Waals surface area contributed by atoms with E-state index < -0.39 is 12.6 Å². The molecule has 0 amide bonds. The smallest absolute Gasteiger partial charge is 0.387 e. The number of hydrogen-bond donors (Lipinski definition) is 0. The number of ether oxygens (including phenoxy) is 2. The second-order valence-corrected chi connectivity index (χ2v) is 4.48. The molecule has 0 aliphatic heterocycles. The van der Waals surface area contributed by atoms with E-state index in [1.165, 1.54) is 6.07 Å². The van der Waals surface area contributed by atoms with Crippen LogP contribution in [0.3, 0.4) is 0 Å². The Morgan fingerprint density at radius 1 is 1.42 bits per heavy atom. The highest BCUT2D eigenvalue weighted by molar-refractivity contribution is 9.09. The molecule has 19 heavy (non-hydrogen) atoms. The van der Waals surface area contributed by atoms with E-state index in [0.29, 0.717) is 12.0 Å². The van der Waals surface area contributed by atoms with Gasteiger partial charge in [0, 0.05) is 5.33 Å². The molecule has 0 heterocycles. The Balaban J connectivity index is 3.09. The maximum atomic E-state index is 12.5. The van der Waals surface area contributed by atoms with Gasteiger partial charge in [0.1, 0.15) is 11.3 Å². The van der Waals surface area contributed by atoms with Crippen molar-refractivity contribution in [1.29, 1.82) is 0 Å². The summed E-state index contributed by atoms with van der Waals surface area (Å²) in [4.78, 5) is 11.7. The first kappa shape index (κ1) is 15.9. The zero-order valence-corrected chi connectivity index (χ0v) is 12.1. The maximum absolute atomic E-state index is 12.5. The molecule has 1 aromatic rings. The molecular weight excluding hydrogens is 322 g/mol. The second-order valence-electron chi connectivity index (χ2n) is 3.69. The van der Waals surface area contributed by atoms with E-state index in [1.54, 1.807) is 19.1 Å². The molecule has 0 spiro atoms. The molecule has 3 nitrogen and oxygen atoms in total. The third-order valence-electron chi connectivity index (χ3n) is 2.38. The number of benzene rings is 1. The molecule has 106 valence electrons. The number of alkyl halides is 3. The van der Waals surface area contributed by atoms with Crippen molar-refractivity contribution in [1.82, 2.24) is 0 Å². The Hall–Kier alpha value is -1.17. The van der Waals surface area contributed by atoms with Gasteiger partial charge in [0.15, 0.2) is 0 Å². The van der Waals surface area contributed by atoms with Crippen molar-refractivity contribution in [3.63, 3.8) is 0 Å². The summed E-state index contributed by atoms with van der Waals surface area (Å²) in [5.74, 6) is -0.740. The van der Waals surface area contributed by atoms with Crippen LogP contribution in [0.4, 0.5) is 8.78 Å². The average molecular weight is 337 g/mol. The zero-order valence-electron chi connectivity index (χ0n) is 10.5. The van der Waals surface area contributed by atoms with Gasteiger partial charge in [0.25, 0.3) is 0 Å². The summed E-state index contributed by atoms with van der Waals surface area (Å²) in [6, 6.07) is 4.73. The van der Waals surface area contributed by atoms with Crippen molar-refractivity contribution in [3.05, 3.63) is 29.3 Å². The average Bonchev–Trinajstić information content (AvgIpc) is 2.37. The molecule has 0 atom stereocenters. The lowest BCUT2D eigenvalue weighted by Gasteiger charge is -2.14. The Morgan fingerprint density at radius 2 is 2.16 bits per heavy atom. The lowest BCUT2D eigenvalue weighted by atomic mass is 10.0. The van der Waals surface area contributed by atoms with Crippen LogP contribution in [-0.2, 0) is 11.2 Å². The molecule has 0 radical (unpaired) electrons. The SMILES string of the molecule is CCOC(=O)c1cccc(CCCBr)c1OC(F)F. The fourth-order valence-electron chi connectivity index (χ4n) is 1.64. The van der Waals surface area contributed by atoms with Crippen LogP contribution in [0.5, 0.6) is 5.75 Å². The number of aryl methyl sites for hydroxylation is 1. The summed E-state index contributed by atoms with van der Waals surface area (Å²) < 4.78 is 34.3. The van der Waals surface area contributed by atoms with E-state index in [1.807, 2.05) is 0 Å². The summed E-state index contributed by atoms with van der Waals surface area (Å²) in [5, 5.41) is 0.741. The minimum absolute atomic E-state index is 0.0363. The van der Waals surface area contributed by atoms with E-state index in [9.17, 15) is 13.6 Å². The molecule has 0 aliphatic carbocycles. The van der Waals surface area contributed by atoms with Gasteiger partial charge in [-0.2, -0.15) is 8.78 Å². The summed E-state index contributed by atoms with van der Waals surface area (Å²) >= 11 is 3.27. The molecule has 0 N–H and O–H groups in total. The first-order valence-electron chi connectivity index (χ1n) is 5.90. The Kier molecular flexibility index (Phi) is 6.77. The van der Waals surface area contributed by atoms with E-state index in [4.69, 9.17) is 4.74 Å². The maximum Gasteiger partial charge on any atom is 0.387 e. The van der Waals surface area contributed by atoms with Crippen LogP contribution in [0.15, 0.2) is 18.2 Å². The molecule has 1 rings (SSSR count). The first-order chi connectivity index (χ1) is 9.10. The Morgan fingerprint density at radius 3 is 2.74 bits per heavy atom. The topological polar surface area (TPSA) is 35.5 Å². The highest BCUT2D eigenvalue weighted by atomic mass is 79.9. The summed E-state index contributed by atoms with van der Waals surface area (Å²) in [6.45, 7) is -1.14. The van der Waals surface area contributed by atoms with E-state index in [2.05, 4.69) is 20.7 Å². The van der Waals surface area contributed by atoms with Crippen LogP contribution >= 0.6 is 15.9 Å². The van der Waals surface area contributed by atoms with Gasteiger partial charge >= 0.3 is 12.6 Å². The fraction of sp³-hybridized carbons (Fsp3) is 0.462. The van der Waals surface area contributed by atoms with E-state index in [0.717, 1.165) is 11.8 Å². The minimum atomic E-state index is -2.97. The number of para-hydroxylation sites is 1. The van der Waals surface area contributed by atoms with Crippen LogP contribution in [0.1, 0.15) is 29.3 Å². The van der Waals surface area contributed by atoms with Crippen molar-refractivity contribution < 1.29 is 23.0 Å². The van der Waals surface area contributed by atoms with Gasteiger partial charge in [0.05, 0.1) is 6.61 Å². The van der Waals surface area contributed by atoms with Gasteiger partial charge in [-0.25, -0.2) is 4.79 Å². The van der Waals surface area contributed by atoms with Crippen molar-refractivity contribution in [2.45, 2.75) is 26.4 Å². The number of halogens is 3. The van der Waals surface area contributed by atoms with E-state index >= 15 is 0 Å².